The summed E-state index contributed by atoms with van der Waals surface area (Å²) in [5.74, 6) is 1.01. The molecule has 1 aromatic carbocycles. The maximum atomic E-state index is 5.96. The van der Waals surface area contributed by atoms with Gasteiger partial charge in [-0.05, 0) is 17.7 Å². The summed E-state index contributed by atoms with van der Waals surface area (Å²) >= 11 is 5.96. The van der Waals surface area contributed by atoms with Crippen LogP contribution in [0, 0.1) is 0 Å². The van der Waals surface area contributed by atoms with E-state index in [0.29, 0.717) is 11.9 Å². The summed E-state index contributed by atoms with van der Waals surface area (Å²) in [6.45, 7) is 1.65. The standard InChI is InChI=1S/C11H14ClN3/c1-15-7-9(6-14-11(15)13)8-3-2-4-10(12)5-8/h2-5,9H,6-7H2,1H3,(H2,13,14). The van der Waals surface area contributed by atoms with E-state index < -0.39 is 0 Å². The van der Waals surface area contributed by atoms with Gasteiger partial charge in [0.15, 0.2) is 5.96 Å². The largest absolute Gasteiger partial charge is 0.370 e. The Morgan fingerprint density at radius 2 is 2.33 bits per heavy atom. The van der Waals surface area contributed by atoms with Crippen LogP contribution in [0.4, 0.5) is 0 Å². The molecule has 0 amide bonds. The fourth-order valence-electron chi connectivity index (χ4n) is 1.78. The van der Waals surface area contributed by atoms with E-state index in [0.717, 1.165) is 18.1 Å². The molecule has 2 N–H and O–H groups in total. The van der Waals surface area contributed by atoms with Crippen molar-refractivity contribution in [1.29, 1.82) is 0 Å². The number of guanidine groups is 1. The fraction of sp³-hybridized carbons (Fsp3) is 0.364. The van der Waals surface area contributed by atoms with Crippen LogP contribution in [0.2, 0.25) is 5.02 Å². The highest BCUT2D eigenvalue weighted by Gasteiger charge is 2.19. The second-order valence-electron chi connectivity index (χ2n) is 3.83. The zero-order chi connectivity index (χ0) is 10.8. The van der Waals surface area contributed by atoms with Gasteiger partial charge in [0.25, 0.3) is 0 Å². The van der Waals surface area contributed by atoms with Gasteiger partial charge < -0.3 is 10.6 Å². The third kappa shape index (κ3) is 2.23. The van der Waals surface area contributed by atoms with E-state index in [-0.39, 0.29) is 0 Å². The van der Waals surface area contributed by atoms with Crippen molar-refractivity contribution in [3.63, 3.8) is 0 Å². The molecule has 0 spiro atoms. The number of hydrogen-bond acceptors (Lipinski definition) is 3. The van der Waals surface area contributed by atoms with Crippen LogP contribution in [0.5, 0.6) is 0 Å². The van der Waals surface area contributed by atoms with Gasteiger partial charge in [0.2, 0.25) is 0 Å². The lowest BCUT2D eigenvalue weighted by Crippen LogP contribution is -2.41. The Balaban J connectivity index is 2.20. The maximum absolute atomic E-state index is 5.96. The van der Waals surface area contributed by atoms with Crippen LogP contribution in [0.15, 0.2) is 29.3 Å². The number of likely N-dealkylation sites (N-methyl/N-ethyl adjacent to an activating group) is 1. The summed E-state index contributed by atoms with van der Waals surface area (Å²) in [5, 5.41) is 0.776. The number of benzene rings is 1. The normalized spacial score (nSPS) is 21.3. The fourth-order valence-corrected chi connectivity index (χ4v) is 1.98. The molecule has 1 unspecified atom stereocenters. The molecule has 0 fully saturated rings. The summed E-state index contributed by atoms with van der Waals surface area (Å²) < 4.78 is 0. The molecule has 1 heterocycles. The van der Waals surface area contributed by atoms with Gasteiger partial charge in [-0.25, -0.2) is 0 Å². The van der Waals surface area contributed by atoms with E-state index >= 15 is 0 Å². The number of halogens is 1. The Morgan fingerprint density at radius 1 is 1.53 bits per heavy atom. The van der Waals surface area contributed by atoms with Crippen molar-refractivity contribution in [3.05, 3.63) is 34.9 Å². The molecular weight excluding hydrogens is 210 g/mol. The van der Waals surface area contributed by atoms with Crippen molar-refractivity contribution in [1.82, 2.24) is 4.90 Å². The number of aliphatic imine (C=N–C) groups is 1. The Morgan fingerprint density at radius 3 is 3.00 bits per heavy atom. The minimum absolute atomic E-state index is 0.390. The number of rotatable bonds is 1. The third-order valence-corrected chi connectivity index (χ3v) is 2.91. The average Bonchev–Trinajstić information content (AvgIpc) is 2.22. The molecule has 0 saturated heterocycles. The topological polar surface area (TPSA) is 41.6 Å². The van der Waals surface area contributed by atoms with Crippen molar-refractivity contribution in [3.8, 4) is 0 Å². The Hall–Kier alpha value is -1.22. The molecule has 0 saturated carbocycles. The smallest absolute Gasteiger partial charge is 0.191 e. The molecule has 1 aliphatic rings. The summed E-state index contributed by atoms with van der Waals surface area (Å²) in [4.78, 5) is 6.24. The zero-order valence-corrected chi connectivity index (χ0v) is 9.41. The van der Waals surface area contributed by atoms with Gasteiger partial charge in [0.05, 0.1) is 6.54 Å². The second-order valence-corrected chi connectivity index (χ2v) is 4.27. The van der Waals surface area contributed by atoms with Crippen molar-refractivity contribution in [2.45, 2.75) is 5.92 Å². The molecule has 1 atom stereocenters. The van der Waals surface area contributed by atoms with Gasteiger partial charge in [-0.3, -0.25) is 4.99 Å². The highest BCUT2D eigenvalue weighted by Crippen LogP contribution is 2.22. The molecule has 15 heavy (non-hydrogen) atoms. The van der Waals surface area contributed by atoms with Crippen LogP contribution in [-0.4, -0.2) is 31.0 Å². The molecule has 4 heteroatoms. The molecule has 3 nitrogen and oxygen atoms in total. The minimum Gasteiger partial charge on any atom is -0.370 e. The first kappa shape index (κ1) is 10.3. The minimum atomic E-state index is 0.390. The molecule has 0 bridgehead atoms. The quantitative estimate of drug-likeness (QED) is 0.787. The third-order valence-electron chi connectivity index (χ3n) is 2.68. The van der Waals surface area contributed by atoms with Crippen molar-refractivity contribution in [2.75, 3.05) is 20.1 Å². The number of hydrogen-bond donors (Lipinski definition) is 1. The molecule has 80 valence electrons. The van der Waals surface area contributed by atoms with Crippen LogP contribution < -0.4 is 5.73 Å². The maximum Gasteiger partial charge on any atom is 0.191 e. The number of nitrogens with zero attached hydrogens (tertiary/aromatic N) is 2. The van der Waals surface area contributed by atoms with E-state index in [2.05, 4.69) is 11.1 Å². The van der Waals surface area contributed by atoms with E-state index in [9.17, 15) is 0 Å². The Kier molecular flexibility index (Phi) is 2.82. The average molecular weight is 224 g/mol. The van der Waals surface area contributed by atoms with Crippen LogP contribution in [0.25, 0.3) is 0 Å². The molecule has 1 aliphatic heterocycles. The summed E-state index contributed by atoms with van der Waals surface area (Å²) in [6, 6.07) is 7.94. The van der Waals surface area contributed by atoms with E-state index in [1.807, 2.05) is 30.1 Å². The Bertz CT molecular complexity index is 389. The van der Waals surface area contributed by atoms with Crippen molar-refractivity contribution < 1.29 is 0 Å². The first-order chi connectivity index (χ1) is 7.16. The van der Waals surface area contributed by atoms with E-state index in [1.54, 1.807) is 0 Å². The van der Waals surface area contributed by atoms with Crippen LogP contribution in [0.3, 0.4) is 0 Å². The first-order valence-corrected chi connectivity index (χ1v) is 5.31. The van der Waals surface area contributed by atoms with Crippen molar-refractivity contribution in [2.24, 2.45) is 10.7 Å². The van der Waals surface area contributed by atoms with Crippen LogP contribution in [-0.2, 0) is 0 Å². The van der Waals surface area contributed by atoms with Gasteiger partial charge in [0.1, 0.15) is 0 Å². The Labute approximate surface area is 94.5 Å². The SMILES string of the molecule is CN1CC(c2cccc(Cl)c2)CN=C1N. The van der Waals surface area contributed by atoms with Gasteiger partial charge >= 0.3 is 0 Å². The van der Waals surface area contributed by atoms with Crippen molar-refractivity contribution >= 4 is 17.6 Å². The van der Waals surface area contributed by atoms with E-state index in [4.69, 9.17) is 17.3 Å². The molecule has 0 radical (unpaired) electrons. The highest BCUT2D eigenvalue weighted by molar-refractivity contribution is 6.30. The monoisotopic (exact) mass is 223 g/mol. The summed E-state index contributed by atoms with van der Waals surface area (Å²) in [7, 11) is 1.95. The molecule has 1 aromatic rings. The number of nitrogens with two attached hydrogens (primary N) is 1. The van der Waals surface area contributed by atoms with Gasteiger partial charge in [-0.1, -0.05) is 23.7 Å². The lowest BCUT2D eigenvalue weighted by atomic mass is 9.98. The van der Waals surface area contributed by atoms with Gasteiger partial charge in [0, 0.05) is 24.5 Å². The molecule has 0 aromatic heterocycles. The van der Waals surface area contributed by atoms with Crippen LogP contribution >= 0.6 is 11.6 Å². The predicted molar refractivity (Wildman–Crippen MR) is 63.3 cm³/mol. The molecular formula is C11H14ClN3. The lowest BCUT2D eigenvalue weighted by molar-refractivity contribution is 0.422. The molecule has 0 aliphatic carbocycles. The van der Waals surface area contributed by atoms with E-state index in [1.165, 1.54) is 5.56 Å². The zero-order valence-electron chi connectivity index (χ0n) is 8.65. The van der Waals surface area contributed by atoms with Gasteiger partial charge in [-0.15, -0.1) is 0 Å². The highest BCUT2D eigenvalue weighted by atomic mass is 35.5. The summed E-state index contributed by atoms with van der Waals surface area (Å²) in [5.41, 5.74) is 6.93. The lowest BCUT2D eigenvalue weighted by Gasteiger charge is -2.28. The van der Waals surface area contributed by atoms with Crippen LogP contribution in [0.1, 0.15) is 11.5 Å². The summed E-state index contributed by atoms with van der Waals surface area (Å²) in [6.07, 6.45) is 0. The predicted octanol–water partition coefficient (Wildman–Crippen LogP) is 1.68. The molecule has 2 rings (SSSR count). The second kappa shape index (κ2) is 4.11. The first-order valence-electron chi connectivity index (χ1n) is 4.93. The van der Waals surface area contributed by atoms with Gasteiger partial charge in [-0.2, -0.15) is 0 Å².